The Balaban J connectivity index is 0.00000261. The summed E-state index contributed by atoms with van der Waals surface area (Å²) in [5, 5.41) is 3.53. The van der Waals surface area contributed by atoms with Crippen molar-refractivity contribution < 1.29 is 0 Å². The zero-order valence-corrected chi connectivity index (χ0v) is 19.4. The topological polar surface area (TPSA) is 30.9 Å². The maximum atomic E-state index is 5.03. The molecular weight excluding hydrogens is 447 g/mol. The second kappa shape index (κ2) is 11.9. The molecule has 2 saturated heterocycles. The van der Waals surface area contributed by atoms with Gasteiger partial charge < -0.3 is 15.1 Å². The largest absolute Gasteiger partial charge is 0.357 e. The number of likely N-dealkylation sites (tertiary alicyclic amines) is 2. The van der Waals surface area contributed by atoms with Gasteiger partial charge in [0.05, 0.1) is 0 Å². The maximum Gasteiger partial charge on any atom is 0.193 e. The predicted octanol–water partition coefficient (Wildman–Crippen LogP) is 4.18. The van der Waals surface area contributed by atoms with Crippen molar-refractivity contribution in [1.82, 2.24) is 15.1 Å². The lowest BCUT2D eigenvalue weighted by Gasteiger charge is -2.31. The molecule has 2 heterocycles. The second-order valence-corrected chi connectivity index (χ2v) is 7.82. The van der Waals surface area contributed by atoms with Gasteiger partial charge in [0.1, 0.15) is 0 Å². The molecule has 2 aliphatic heterocycles. The van der Waals surface area contributed by atoms with Crippen LogP contribution in [0.2, 0.25) is 0 Å². The number of aliphatic imine (C=N–C) groups is 1. The summed E-state index contributed by atoms with van der Waals surface area (Å²) in [7, 11) is 0. The van der Waals surface area contributed by atoms with E-state index in [1.54, 1.807) is 0 Å². The van der Waals surface area contributed by atoms with E-state index < -0.39 is 0 Å². The molecule has 0 aromatic heterocycles. The Hall–Kier alpha value is -0.820. The molecule has 1 unspecified atom stereocenters. The molecule has 2 fully saturated rings. The minimum Gasteiger partial charge on any atom is -0.357 e. The number of rotatable bonds is 6. The van der Waals surface area contributed by atoms with Crippen LogP contribution < -0.4 is 5.32 Å². The molecule has 1 aromatic rings. The summed E-state index contributed by atoms with van der Waals surface area (Å²) in [6.07, 6.45) is 5.10. The highest BCUT2D eigenvalue weighted by atomic mass is 127. The van der Waals surface area contributed by atoms with E-state index in [0.29, 0.717) is 5.92 Å². The zero-order valence-electron chi connectivity index (χ0n) is 17.1. The third-order valence-corrected chi connectivity index (χ3v) is 5.84. The first-order chi connectivity index (χ1) is 12.8. The molecule has 1 N–H and O–H groups in total. The third-order valence-electron chi connectivity index (χ3n) is 5.84. The highest BCUT2D eigenvalue weighted by molar-refractivity contribution is 14.0. The molecule has 0 saturated carbocycles. The number of hydrogen-bond acceptors (Lipinski definition) is 2. The van der Waals surface area contributed by atoms with E-state index in [2.05, 4.69) is 59.3 Å². The molecule has 152 valence electrons. The van der Waals surface area contributed by atoms with Crippen LogP contribution in [0, 0.1) is 5.92 Å². The Morgan fingerprint density at radius 2 is 1.81 bits per heavy atom. The number of piperidine rings is 1. The van der Waals surface area contributed by atoms with Gasteiger partial charge in [-0.3, -0.25) is 4.99 Å². The molecule has 5 heteroatoms. The highest BCUT2D eigenvalue weighted by Gasteiger charge is 2.26. The molecule has 0 amide bonds. The van der Waals surface area contributed by atoms with Gasteiger partial charge >= 0.3 is 0 Å². The van der Waals surface area contributed by atoms with Crippen LogP contribution in [0.25, 0.3) is 0 Å². The quantitative estimate of drug-likeness (QED) is 0.374. The van der Waals surface area contributed by atoms with Gasteiger partial charge in [0.25, 0.3) is 0 Å². The molecule has 1 atom stereocenters. The van der Waals surface area contributed by atoms with E-state index in [9.17, 15) is 0 Å². The zero-order chi connectivity index (χ0) is 18.2. The minimum absolute atomic E-state index is 0. The Morgan fingerprint density at radius 1 is 1.07 bits per heavy atom. The monoisotopic (exact) mass is 484 g/mol. The SMILES string of the molecule is CCCN1CCC(CN=C(NCC)N2CCC(c3ccccc3)C2)CC1.I. The molecule has 4 nitrogen and oxygen atoms in total. The first kappa shape index (κ1) is 22.5. The Bertz CT molecular complexity index is 555. The van der Waals surface area contributed by atoms with Crippen molar-refractivity contribution in [2.24, 2.45) is 10.9 Å². The molecule has 0 aliphatic carbocycles. The van der Waals surface area contributed by atoms with Crippen molar-refractivity contribution in [3.63, 3.8) is 0 Å². The molecule has 1 aromatic carbocycles. The number of hydrogen-bond donors (Lipinski definition) is 1. The van der Waals surface area contributed by atoms with E-state index in [1.807, 2.05) is 0 Å². The molecule has 3 rings (SSSR count). The summed E-state index contributed by atoms with van der Waals surface area (Å²) < 4.78 is 0. The van der Waals surface area contributed by atoms with Gasteiger partial charge in [-0.2, -0.15) is 0 Å². The van der Waals surface area contributed by atoms with Gasteiger partial charge in [0.15, 0.2) is 5.96 Å². The number of benzene rings is 1. The van der Waals surface area contributed by atoms with Crippen LogP contribution in [-0.4, -0.2) is 61.6 Å². The van der Waals surface area contributed by atoms with Crippen molar-refractivity contribution in [3.8, 4) is 0 Å². The van der Waals surface area contributed by atoms with Gasteiger partial charge in [-0.05, 0) is 63.7 Å². The van der Waals surface area contributed by atoms with Crippen LogP contribution in [0.1, 0.15) is 51.0 Å². The third kappa shape index (κ3) is 6.63. The molecule has 27 heavy (non-hydrogen) atoms. The van der Waals surface area contributed by atoms with Crippen LogP contribution in [0.5, 0.6) is 0 Å². The fourth-order valence-electron chi connectivity index (χ4n) is 4.30. The van der Waals surface area contributed by atoms with Crippen molar-refractivity contribution in [2.45, 2.75) is 45.4 Å². The van der Waals surface area contributed by atoms with Crippen molar-refractivity contribution in [2.75, 3.05) is 45.8 Å². The summed E-state index contributed by atoms with van der Waals surface area (Å²) in [6.45, 7) is 12.3. The fraction of sp³-hybridized carbons (Fsp3) is 0.682. The predicted molar refractivity (Wildman–Crippen MR) is 126 cm³/mol. The fourth-order valence-corrected chi connectivity index (χ4v) is 4.30. The number of halogens is 1. The molecule has 2 aliphatic rings. The smallest absolute Gasteiger partial charge is 0.193 e. The molecule has 0 bridgehead atoms. The van der Waals surface area contributed by atoms with Crippen LogP contribution >= 0.6 is 24.0 Å². The van der Waals surface area contributed by atoms with E-state index in [4.69, 9.17) is 4.99 Å². The van der Waals surface area contributed by atoms with E-state index in [1.165, 1.54) is 50.9 Å². The lowest BCUT2D eigenvalue weighted by atomic mass is 9.97. The van der Waals surface area contributed by atoms with E-state index in [0.717, 1.165) is 38.1 Å². The standard InChI is InChI=1S/C22H36N4.HI/c1-3-13-25-14-10-19(11-15-25)17-24-22(23-4-2)26-16-12-21(18-26)20-8-6-5-7-9-20;/h5-9,19,21H,3-4,10-18H2,1-2H3,(H,23,24);1H. The molecule has 0 spiro atoms. The van der Waals surface area contributed by atoms with Crippen LogP contribution in [0.15, 0.2) is 35.3 Å². The first-order valence-electron chi connectivity index (χ1n) is 10.6. The average molecular weight is 484 g/mol. The van der Waals surface area contributed by atoms with Crippen LogP contribution in [-0.2, 0) is 0 Å². The maximum absolute atomic E-state index is 5.03. The van der Waals surface area contributed by atoms with Gasteiger partial charge in [-0.25, -0.2) is 0 Å². The van der Waals surface area contributed by atoms with Gasteiger partial charge in [-0.1, -0.05) is 37.3 Å². The average Bonchev–Trinajstić information content (AvgIpc) is 3.17. The number of guanidine groups is 1. The highest BCUT2D eigenvalue weighted by Crippen LogP contribution is 2.27. The van der Waals surface area contributed by atoms with Crippen molar-refractivity contribution in [1.29, 1.82) is 0 Å². The van der Waals surface area contributed by atoms with Gasteiger partial charge in [0, 0.05) is 32.1 Å². The number of nitrogens with one attached hydrogen (secondary N) is 1. The number of nitrogens with zero attached hydrogens (tertiary/aromatic N) is 3. The lowest BCUT2D eigenvalue weighted by Crippen LogP contribution is -2.41. The van der Waals surface area contributed by atoms with E-state index in [-0.39, 0.29) is 24.0 Å². The lowest BCUT2D eigenvalue weighted by molar-refractivity contribution is 0.188. The second-order valence-electron chi connectivity index (χ2n) is 7.82. The Morgan fingerprint density at radius 3 is 2.48 bits per heavy atom. The van der Waals surface area contributed by atoms with Gasteiger partial charge in [-0.15, -0.1) is 24.0 Å². The summed E-state index contributed by atoms with van der Waals surface area (Å²) in [5.41, 5.74) is 1.47. The minimum atomic E-state index is 0. The molecule has 0 radical (unpaired) electrons. The Kier molecular flexibility index (Phi) is 9.90. The Labute approximate surface area is 182 Å². The first-order valence-corrected chi connectivity index (χ1v) is 10.6. The van der Waals surface area contributed by atoms with Crippen LogP contribution in [0.4, 0.5) is 0 Å². The normalized spacial score (nSPS) is 21.9. The molecular formula is C22H37IN4. The van der Waals surface area contributed by atoms with Crippen LogP contribution in [0.3, 0.4) is 0 Å². The summed E-state index contributed by atoms with van der Waals surface area (Å²) in [6, 6.07) is 10.9. The van der Waals surface area contributed by atoms with E-state index >= 15 is 0 Å². The van der Waals surface area contributed by atoms with Crippen molar-refractivity contribution in [3.05, 3.63) is 35.9 Å². The van der Waals surface area contributed by atoms with Crippen molar-refractivity contribution >= 4 is 29.9 Å². The summed E-state index contributed by atoms with van der Waals surface area (Å²) in [5.74, 6) is 2.52. The van der Waals surface area contributed by atoms with Gasteiger partial charge in [0.2, 0.25) is 0 Å². The summed E-state index contributed by atoms with van der Waals surface area (Å²) in [4.78, 5) is 10.1. The summed E-state index contributed by atoms with van der Waals surface area (Å²) >= 11 is 0.